The third kappa shape index (κ3) is 6.86. The third-order valence-electron chi connectivity index (χ3n) is 3.91. The van der Waals surface area contributed by atoms with Crippen LogP contribution in [-0.2, 0) is 14.8 Å². The number of unbranched alkanes of at least 4 members (excludes halogenated alkanes) is 1. The number of amides is 1. The van der Waals surface area contributed by atoms with Crippen molar-refractivity contribution in [2.75, 3.05) is 23.7 Å². The van der Waals surface area contributed by atoms with E-state index in [0.717, 1.165) is 42.3 Å². The van der Waals surface area contributed by atoms with Gasteiger partial charge in [0.05, 0.1) is 11.9 Å². The Morgan fingerprint density at radius 3 is 2.58 bits per heavy atom. The van der Waals surface area contributed by atoms with E-state index in [2.05, 4.69) is 19.2 Å². The minimum absolute atomic E-state index is 0.144. The lowest BCUT2D eigenvalue weighted by Gasteiger charge is -2.22. The molecule has 0 saturated heterocycles. The van der Waals surface area contributed by atoms with Gasteiger partial charge in [0, 0.05) is 6.54 Å². The summed E-state index contributed by atoms with van der Waals surface area (Å²) in [6.07, 6.45) is 5.20. The number of carbonyl (C=O) groups excluding carboxylic acids is 1. The highest BCUT2D eigenvalue weighted by atomic mass is 32.2. The zero-order valence-electron chi connectivity index (χ0n) is 14.6. The number of hydrogen-bond acceptors (Lipinski definition) is 3. The normalized spacial score (nSPS) is 12.7. The van der Waals surface area contributed by atoms with Gasteiger partial charge < -0.3 is 5.32 Å². The molecule has 5 nitrogen and oxygen atoms in total. The van der Waals surface area contributed by atoms with E-state index in [1.807, 2.05) is 0 Å². The number of nitrogens with one attached hydrogen (secondary N) is 1. The molecule has 1 N–H and O–H groups in total. The standard InChI is InChI=1S/C17H27FN2O3S/c1-4-6-8-14(5-2)12-19-17(21)13-20(24(3,22)23)16-10-7-9-15(18)11-16/h7,9-11,14H,4-6,8,12-13H2,1-3H3,(H,19,21)/t14-/m0/s1. The van der Waals surface area contributed by atoms with Crippen molar-refractivity contribution in [1.82, 2.24) is 5.32 Å². The molecular weight excluding hydrogens is 331 g/mol. The fourth-order valence-corrected chi connectivity index (χ4v) is 3.27. The van der Waals surface area contributed by atoms with E-state index in [1.165, 1.54) is 18.2 Å². The predicted molar refractivity (Wildman–Crippen MR) is 94.9 cm³/mol. The lowest BCUT2D eigenvalue weighted by atomic mass is 9.99. The second kappa shape index (κ2) is 9.61. The monoisotopic (exact) mass is 358 g/mol. The van der Waals surface area contributed by atoms with Gasteiger partial charge in [-0.1, -0.05) is 39.2 Å². The molecular formula is C17H27FN2O3S. The van der Waals surface area contributed by atoms with E-state index in [1.54, 1.807) is 0 Å². The number of anilines is 1. The maximum Gasteiger partial charge on any atom is 0.240 e. The molecule has 1 aromatic rings. The minimum atomic E-state index is -3.68. The highest BCUT2D eigenvalue weighted by molar-refractivity contribution is 7.92. The third-order valence-corrected chi connectivity index (χ3v) is 5.06. The van der Waals surface area contributed by atoms with Crippen molar-refractivity contribution in [1.29, 1.82) is 0 Å². The Kier molecular flexibility index (Phi) is 8.18. The topological polar surface area (TPSA) is 66.5 Å². The molecule has 136 valence electrons. The van der Waals surface area contributed by atoms with Gasteiger partial charge >= 0.3 is 0 Å². The smallest absolute Gasteiger partial charge is 0.240 e. The van der Waals surface area contributed by atoms with E-state index in [-0.39, 0.29) is 18.1 Å². The zero-order chi connectivity index (χ0) is 18.2. The number of carbonyl (C=O) groups is 1. The molecule has 7 heteroatoms. The highest BCUT2D eigenvalue weighted by Crippen LogP contribution is 2.18. The van der Waals surface area contributed by atoms with Crippen molar-refractivity contribution in [3.63, 3.8) is 0 Å². The molecule has 0 saturated carbocycles. The largest absolute Gasteiger partial charge is 0.354 e. The second-order valence-electron chi connectivity index (χ2n) is 5.97. The average Bonchev–Trinajstić information content (AvgIpc) is 2.51. The first-order chi connectivity index (χ1) is 11.3. The van der Waals surface area contributed by atoms with Gasteiger partial charge in [-0.05, 0) is 30.5 Å². The van der Waals surface area contributed by atoms with Crippen LogP contribution in [-0.4, -0.2) is 33.7 Å². The van der Waals surface area contributed by atoms with Gasteiger partial charge in [0.15, 0.2) is 0 Å². The summed E-state index contributed by atoms with van der Waals surface area (Å²) < 4.78 is 38.1. The molecule has 0 aliphatic carbocycles. The van der Waals surface area contributed by atoms with Crippen LogP contribution in [0.5, 0.6) is 0 Å². The van der Waals surface area contributed by atoms with Gasteiger partial charge in [-0.15, -0.1) is 0 Å². The van der Waals surface area contributed by atoms with Crippen LogP contribution < -0.4 is 9.62 Å². The van der Waals surface area contributed by atoms with Crippen LogP contribution >= 0.6 is 0 Å². The molecule has 1 aromatic carbocycles. The first-order valence-corrected chi connectivity index (χ1v) is 10.1. The molecule has 1 amide bonds. The van der Waals surface area contributed by atoms with Crippen LogP contribution in [0.1, 0.15) is 39.5 Å². The summed E-state index contributed by atoms with van der Waals surface area (Å²) in [5, 5.41) is 2.79. The summed E-state index contributed by atoms with van der Waals surface area (Å²) >= 11 is 0. The van der Waals surface area contributed by atoms with Crippen LogP contribution in [0.3, 0.4) is 0 Å². The van der Waals surface area contributed by atoms with Crippen molar-refractivity contribution in [3.8, 4) is 0 Å². The van der Waals surface area contributed by atoms with Crippen LogP contribution in [0.15, 0.2) is 24.3 Å². The molecule has 24 heavy (non-hydrogen) atoms. The van der Waals surface area contributed by atoms with Gasteiger partial charge in [-0.3, -0.25) is 9.10 Å². The average molecular weight is 358 g/mol. The summed E-state index contributed by atoms with van der Waals surface area (Å²) in [7, 11) is -3.68. The summed E-state index contributed by atoms with van der Waals surface area (Å²) in [6, 6.07) is 5.21. The van der Waals surface area contributed by atoms with E-state index in [0.29, 0.717) is 12.5 Å². The SMILES string of the molecule is CCCC[C@H](CC)CNC(=O)CN(c1cccc(F)c1)S(C)(=O)=O. The summed E-state index contributed by atoms with van der Waals surface area (Å²) in [5.41, 5.74) is 0.144. The molecule has 0 heterocycles. The number of nitrogens with zero attached hydrogens (tertiary/aromatic N) is 1. The van der Waals surface area contributed by atoms with Crippen molar-refractivity contribution in [3.05, 3.63) is 30.1 Å². The van der Waals surface area contributed by atoms with E-state index >= 15 is 0 Å². The van der Waals surface area contributed by atoms with Crippen molar-refractivity contribution in [2.24, 2.45) is 5.92 Å². The van der Waals surface area contributed by atoms with Crippen LogP contribution in [0.4, 0.5) is 10.1 Å². The second-order valence-corrected chi connectivity index (χ2v) is 7.88. The number of benzene rings is 1. The van der Waals surface area contributed by atoms with Gasteiger partial charge in [0.2, 0.25) is 15.9 Å². The van der Waals surface area contributed by atoms with Gasteiger partial charge in [-0.2, -0.15) is 0 Å². The summed E-state index contributed by atoms with van der Waals surface area (Å²) in [6.45, 7) is 4.36. The molecule has 1 atom stereocenters. The van der Waals surface area contributed by atoms with Crippen molar-refractivity contribution < 1.29 is 17.6 Å². The number of halogens is 1. The first kappa shape index (κ1) is 20.4. The molecule has 1 rings (SSSR count). The van der Waals surface area contributed by atoms with E-state index in [9.17, 15) is 17.6 Å². The van der Waals surface area contributed by atoms with Gasteiger partial charge in [-0.25, -0.2) is 12.8 Å². The first-order valence-electron chi connectivity index (χ1n) is 8.27. The molecule has 0 fully saturated rings. The molecule has 0 aromatic heterocycles. The zero-order valence-corrected chi connectivity index (χ0v) is 15.4. The lowest BCUT2D eigenvalue weighted by molar-refractivity contribution is -0.119. The Bertz CT molecular complexity index is 634. The van der Waals surface area contributed by atoms with Crippen molar-refractivity contribution >= 4 is 21.6 Å². The van der Waals surface area contributed by atoms with Gasteiger partial charge in [0.25, 0.3) is 0 Å². The lowest BCUT2D eigenvalue weighted by Crippen LogP contribution is -2.41. The predicted octanol–water partition coefficient (Wildman–Crippen LogP) is 2.92. The molecule has 0 radical (unpaired) electrons. The molecule has 0 aliphatic rings. The Hall–Kier alpha value is -1.63. The Balaban J connectivity index is 2.72. The van der Waals surface area contributed by atoms with Crippen LogP contribution in [0.25, 0.3) is 0 Å². The Morgan fingerprint density at radius 2 is 2.04 bits per heavy atom. The molecule has 0 aliphatic heterocycles. The maximum atomic E-state index is 13.3. The Labute approximate surface area is 144 Å². The van der Waals surface area contributed by atoms with Crippen LogP contribution in [0, 0.1) is 11.7 Å². The van der Waals surface area contributed by atoms with Crippen LogP contribution in [0.2, 0.25) is 0 Å². The van der Waals surface area contributed by atoms with Gasteiger partial charge in [0.1, 0.15) is 12.4 Å². The number of rotatable bonds is 10. The minimum Gasteiger partial charge on any atom is -0.354 e. The summed E-state index contributed by atoms with van der Waals surface area (Å²) in [5.74, 6) is -0.554. The number of hydrogen-bond donors (Lipinski definition) is 1. The molecule has 0 unspecified atom stereocenters. The Morgan fingerprint density at radius 1 is 1.33 bits per heavy atom. The molecule has 0 bridgehead atoms. The summed E-state index contributed by atoms with van der Waals surface area (Å²) in [4.78, 5) is 12.1. The van der Waals surface area contributed by atoms with Crippen molar-refractivity contribution in [2.45, 2.75) is 39.5 Å². The quantitative estimate of drug-likeness (QED) is 0.699. The highest BCUT2D eigenvalue weighted by Gasteiger charge is 2.21. The number of sulfonamides is 1. The fraction of sp³-hybridized carbons (Fsp3) is 0.588. The van der Waals surface area contributed by atoms with E-state index in [4.69, 9.17) is 0 Å². The molecule has 0 spiro atoms. The maximum absolute atomic E-state index is 13.3. The fourth-order valence-electron chi connectivity index (χ4n) is 2.42. The van der Waals surface area contributed by atoms with E-state index < -0.39 is 15.8 Å².